The van der Waals surface area contributed by atoms with Crippen LogP contribution in [0.4, 0.5) is 14.5 Å². The van der Waals surface area contributed by atoms with E-state index in [1.54, 1.807) is 0 Å². The lowest BCUT2D eigenvalue weighted by molar-refractivity contribution is -0.139. The second kappa shape index (κ2) is 8.79. The molecule has 1 saturated heterocycles. The van der Waals surface area contributed by atoms with Gasteiger partial charge in [0.15, 0.2) is 5.17 Å². The van der Waals surface area contributed by atoms with Crippen molar-refractivity contribution >= 4 is 46.1 Å². The van der Waals surface area contributed by atoms with Crippen molar-refractivity contribution in [2.24, 2.45) is 4.99 Å². The number of amidine groups is 1. The van der Waals surface area contributed by atoms with E-state index in [9.17, 15) is 23.5 Å². The van der Waals surface area contributed by atoms with E-state index in [4.69, 9.17) is 11.6 Å². The second-order valence-corrected chi connectivity index (χ2v) is 7.66. The minimum absolute atomic E-state index is 0.149. The van der Waals surface area contributed by atoms with Gasteiger partial charge in [0.2, 0.25) is 5.91 Å². The van der Waals surface area contributed by atoms with Crippen LogP contribution in [0.5, 0.6) is 5.75 Å². The maximum Gasteiger partial charge on any atom is 0.487 e. The molecule has 1 atom stereocenters. The van der Waals surface area contributed by atoms with Gasteiger partial charge in [0.05, 0.1) is 18.7 Å². The third kappa shape index (κ3) is 5.91. The van der Waals surface area contributed by atoms with E-state index in [-0.39, 0.29) is 29.8 Å². The zero-order valence-electron chi connectivity index (χ0n) is 14.8. The first-order valence-electron chi connectivity index (χ1n) is 8.39. The van der Waals surface area contributed by atoms with Gasteiger partial charge in [-0.25, -0.2) is 4.99 Å². The van der Waals surface area contributed by atoms with Gasteiger partial charge >= 0.3 is 11.5 Å². The number of nitrogens with zero attached hydrogens (tertiary/aromatic N) is 2. The summed E-state index contributed by atoms with van der Waals surface area (Å²) in [7, 11) is 0. The number of aliphatic carboxylic acids is 1. The van der Waals surface area contributed by atoms with E-state index in [0.29, 0.717) is 5.69 Å². The number of amides is 1. The Morgan fingerprint density at radius 2 is 1.90 bits per heavy atom. The van der Waals surface area contributed by atoms with Gasteiger partial charge in [0.25, 0.3) is 0 Å². The van der Waals surface area contributed by atoms with E-state index in [1.165, 1.54) is 29.2 Å². The van der Waals surface area contributed by atoms with Crippen LogP contribution in [0.2, 0.25) is 0 Å². The Morgan fingerprint density at radius 3 is 2.48 bits per heavy atom. The molecule has 1 unspecified atom stereocenters. The molecule has 29 heavy (non-hydrogen) atoms. The van der Waals surface area contributed by atoms with Gasteiger partial charge < -0.3 is 9.84 Å². The van der Waals surface area contributed by atoms with Crippen LogP contribution in [0.25, 0.3) is 0 Å². The van der Waals surface area contributed by atoms with Crippen LogP contribution in [0.15, 0.2) is 59.6 Å². The van der Waals surface area contributed by atoms with Crippen LogP contribution < -0.4 is 4.74 Å². The molecule has 152 valence electrons. The Labute approximate surface area is 174 Å². The number of hydrogen-bond donors (Lipinski definition) is 1. The topological polar surface area (TPSA) is 79.2 Å². The summed E-state index contributed by atoms with van der Waals surface area (Å²) in [5.74, 6) is -1.63. The molecule has 3 rings (SSSR count). The molecule has 1 fully saturated rings. The predicted molar refractivity (Wildman–Crippen MR) is 106 cm³/mol. The number of rotatable bonds is 6. The SMILES string of the molecule is O=C(O)C1CC(=O)N(Cc2ccccc2)C(=Nc2ccc(OC(F)(F)Cl)cc2)S1. The van der Waals surface area contributed by atoms with Crippen molar-refractivity contribution in [3.8, 4) is 5.75 Å². The zero-order valence-corrected chi connectivity index (χ0v) is 16.4. The molecule has 1 amide bonds. The smallest absolute Gasteiger partial charge is 0.480 e. The molecule has 0 spiro atoms. The maximum absolute atomic E-state index is 12.7. The highest BCUT2D eigenvalue weighted by atomic mass is 35.5. The Balaban J connectivity index is 1.87. The van der Waals surface area contributed by atoms with Gasteiger partial charge in [0, 0.05) is 11.6 Å². The molecule has 1 aliphatic heterocycles. The number of ether oxygens (including phenoxy) is 1. The van der Waals surface area contributed by atoms with E-state index < -0.39 is 16.8 Å². The normalized spacial score (nSPS) is 18.7. The van der Waals surface area contributed by atoms with Crippen molar-refractivity contribution in [2.75, 3.05) is 0 Å². The van der Waals surface area contributed by atoms with Gasteiger partial charge in [-0.1, -0.05) is 42.1 Å². The first-order chi connectivity index (χ1) is 13.7. The number of benzene rings is 2. The van der Waals surface area contributed by atoms with Gasteiger partial charge in [0.1, 0.15) is 11.0 Å². The number of carboxylic acid groups (broad SMARTS) is 1. The van der Waals surface area contributed by atoms with Crippen LogP contribution >= 0.6 is 23.4 Å². The standard InChI is InChI=1S/C19H15ClF2N2O4S/c20-19(21,22)28-14-8-6-13(7-9-14)23-18-24(11-12-4-2-1-3-5-12)16(25)10-15(29-18)17(26)27/h1-9,15H,10-11H2,(H,26,27). The maximum atomic E-state index is 12.7. The molecule has 2 aromatic carbocycles. The third-order valence-electron chi connectivity index (χ3n) is 3.89. The Kier molecular flexibility index (Phi) is 6.39. The summed E-state index contributed by atoms with van der Waals surface area (Å²) in [6.07, 6.45) is -0.149. The van der Waals surface area contributed by atoms with E-state index >= 15 is 0 Å². The number of hydrogen-bond acceptors (Lipinski definition) is 5. The van der Waals surface area contributed by atoms with Crippen molar-refractivity contribution in [1.29, 1.82) is 0 Å². The highest BCUT2D eigenvalue weighted by Crippen LogP contribution is 2.31. The van der Waals surface area contributed by atoms with Crippen molar-refractivity contribution in [3.05, 3.63) is 60.2 Å². The largest absolute Gasteiger partial charge is 0.487 e. The Morgan fingerprint density at radius 1 is 1.24 bits per heavy atom. The molecule has 0 radical (unpaired) electrons. The quantitative estimate of drug-likeness (QED) is 0.671. The summed E-state index contributed by atoms with van der Waals surface area (Å²) >= 11 is 5.70. The molecular formula is C19H15ClF2N2O4S. The molecular weight excluding hydrogens is 426 g/mol. The molecule has 1 aliphatic rings. The molecule has 10 heteroatoms. The minimum atomic E-state index is -3.83. The molecule has 1 N–H and O–H groups in total. The molecule has 1 heterocycles. The van der Waals surface area contributed by atoms with Crippen molar-refractivity contribution in [1.82, 2.24) is 4.90 Å². The molecule has 6 nitrogen and oxygen atoms in total. The summed E-state index contributed by atoms with van der Waals surface area (Å²) in [6, 6.07) is 14.5. The van der Waals surface area contributed by atoms with Crippen molar-refractivity contribution in [2.45, 2.75) is 23.8 Å². The van der Waals surface area contributed by atoms with Crippen LogP contribution in [0, 0.1) is 0 Å². The fraction of sp³-hybridized carbons (Fsp3) is 0.211. The van der Waals surface area contributed by atoms with E-state index in [0.717, 1.165) is 17.3 Å². The Bertz CT molecular complexity index is 920. The van der Waals surface area contributed by atoms with Crippen LogP contribution in [-0.2, 0) is 16.1 Å². The van der Waals surface area contributed by atoms with E-state index in [1.807, 2.05) is 30.3 Å². The lowest BCUT2D eigenvalue weighted by atomic mass is 10.2. The summed E-state index contributed by atoms with van der Waals surface area (Å²) in [5.41, 5.74) is -2.63. The lowest BCUT2D eigenvalue weighted by Crippen LogP contribution is -2.43. The van der Waals surface area contributed by atoms with Gasteiger partial charge in [-0.05, 0) is 29.8 Å². The zero-order chi connectivity index (χ0) is 21.0. The highest BCUT2D eigenvalue weighted by molar-refractivity contribution is 8.15. The minimum Gasteiger partial charge on any atom is -0.480 e. The number of halogens is 3. The number of carboxylic acids is 1. The monoisotopic (exact) mass is 440 g/mol. The third-order valence-corrected chi connectivity index (χ3v) is 5.15. The van der Waals surface area contributed by atoms with Gasteiger partial charge in [-0.2, -0.15) is 0 Å². The first kappa shape index (κ1) is 21.1. The van der Waals surface area contributed by atoms with Crippen LogP contribution in [-0.4, -0.2) is 37.9 Å². The average Bonchev–Trinajstić information content (AvgIpc) is 2.65. The van der Waals surface area contributed by atoms with Crippen molar-refractivity contribution in [3.63, 3.8) is 0 Å². The Hall–Kier alpha value is -2.65. The summed E-state index contributed by atoms with van der Waals surface area (Å²) in [5, 5.41) is 8.58. The fourth-order valence-electron chi connectivity index (χ4n) is 2.59. The highest BCUT2D eigenvalue weighted by Gasteiger charge is 2.36. The fourth-order valence-corrected chi connectivity index (χ4v) is 3.71. The van der Waals surface area contributed by atoms with Crippen LogP contribution in [0.1, 0.15) is 12.0 Å². The number of aliphatic imine (C=N–C) groups is 1. The molecule has 2 aromatic rings. The summed E-state index contributed by atoms with van der Waals surface area (Å²) in [4.78, 5) is 29.7. The number of alkyl halides is 3. The number of carbonyl (C=O) groups is 2. The van der Waals surface area contributed by atoms with Gasteiger partial charge in [-0.3, -0.25) is 14.5 Å². The first-order valence-corrected chi connectivity index (χ1v) is 9.65. The molecule has 0 aliphatic carbocycles. The summed E-state index contributed by atoms with van der Waals surface area (Å²) < 4.78 is 29.7. The average molecular weight is 441 g/mol. The van der Waals surface area contributed by atoms with Crippen molar-refractivity contribution < 1.29 is 28.2 Å². The molecule has 0 bridgehead atoms. The lowest BCUT2D eigenvalue weighted by Gasteiger charge is -2.30. The molecule has 0 aromatic heterocycles. The number of carbonyl (C=O) groups excluding carboxylic acids is 1. The molecule has 0 saturated carbocycles. The van der Waals surface area contributed by atoms with E-state index in [2.05, 4.69) is 9.73 Å². The van der Waals surface area contributed by atoms with Gasteiger partial charge in [-0.15, -0.1) is 8.78 Å². The summed E-state index contributed by atoms with van der Waals surface area (Å²) in [6.45, 7) is 0.234. The van der Waals surface area contributed by atoms with Crippen LogP contribution in [0.3, 0.4) is 0 Å². The number of thioether (sulfide) groups is 1. The second-order valence-electron chi connectivity index (χ2n) is 6.05. The predicted octanol–water partition coefficient (Wildman–Crippen LogP) is 4.46.